The summed E-state index contributed by atoms with van der Waals surface area (Å²) in [4.78, 5) is 11.9. The molecule has 0 radical (unpaired) electrons. The number of piperazine rings is 1. The molecule has 1 aliphatic heterocycles. The fourth-order valence-electron chi connectivity index (χ4n) is 2.36. The molecule has 21 heavy (non-hydrogen) atoms. The molecule has 1 aromatic rings. The highest BCUT2D eigenvalue weighted by atomic mass is 32.2. The quantitative estimate of drug-likeness (QED) is 0.772. The van der Waals surface area contributed by atoms with Crippen LogP contribution in [-0.2, 0) is 14.8 Å². The molecule has 116 valence electrons. The molecule has 0 bridgehead atoms. The zero-order chi connectivity index (χ0) is 15.6. The first-order chi connectivity index (χ1) is 9.91. The summed E-state index contributed by atoms with van der Waals surface area (Å²) < 4.78 is 31.8. The molecule has 8 heteroatoms. The fraction of sp³-hybridized carbons (Fsp3) is 0.462. The van der Waals surface area contributed by atoms with Gasteiger partial charge in [-0.15, -0.1) is 0 Å². The number of hydrogen-bond donors (Lipinski definition) is 2. The van der Waals surface area contributed by atoms with Gasteiger partial charge in [0.25, 0.3) is 0 Å². The monoisotopic (exact) mass is 313 g/mol. The largest absolute Gasteiger partial charge is 0.495 e. The Morgan fingerprint density at radius 3 is 2.81 bits per heavy atom. The van der Waals surface area contributed by atoms with Gasteiger partial charge in [0.15, 0.2) is 0 Å². The number of rotatable bonds is 4. The molecule has 0 saturated carbocycles. The second kappa shape index (κ2) is 5.90. The van der Waals surface area contributed by atoms with Crippen LogP contribution in [0.5, 0.6) is 5.75 Å². The molecule has 3 N–H and O–H groups in total. The number of carbonyl (C=O) groups excluding carboxylic acids is 1. The Hall–Kier alpha value is -1.80. The van der Waals surface area contributed by atoms with Crippen molar-refractivity contribution in [2.75, 3.05) is 25.9 Å². The van der Waals surface area contributed by atoms with E-state index in [9.17, 15) is 13.2 Å². The highest BCUT2D eigenvalue weighted by Crippen LogP contribution is 2.28. The molecular weight excluding hydrogens is 294 g/mol. The van der Waals surface area contributed by atoms with Crippen molar-refractivity contribution in [3.05, 3.63) is 18.2 Å². The second-order valence-electron chi connectivity index (χ2n) is 4.73. The van der Waals surface area contributed by atoms with Crippen molar-refractivity contribution < 1.29 is 17.9 Å². The first-order valence-corrected chi connectivity index (χ1v) is 8.09. The van der Waals surface area contributed by atoms with Gasteiger partial charge < -0.3 is 15.8 Å². The number of benzene rings is 1. The van der Waals surface area contributed by atoms with Crippen LogP contribution in [-0.4, -0.2) is 44.9 Å². The topological polar surface area (TPSA) is 102 Å². The predicted octanol–water partition coefficient (Wildman–Crippen LogP) is 0.177. The lowest BCUT2D eigenvalue weighted by molar-refractivity contribution is -0.126. The summed E-state index contributed by atoms with van der Waals surface area (Å²) in [6.45, 7) is 2.33. The number of amides is 1. The van der Waals surface area contributed by atoms with Crippen molar-refractivity contribution in [1.29, 1.82) is 0 Å². The maximum atomic E-state index is 12.7. The lowest BCUT2D eigenvalue weighted by Gasteiger charge is -2.33. The van der Waals surface area contributed by atoms with Gasteiger partial charge in [-0.05, 0) is 18.6 Å². The Kier molecular flexibility index (Phi) is 4.38. The van der Waals surface area contributed by atoms with Crippen molar-refractivity contribution in [2.24, 2.45) is 0 Å². The molecule has 1 fully saturated rings. The Labute approximate surface area is 124 Å². The van der Waals surface area contributed by atoms with Gasteiger partial charge in [0, 0.05) is 19.2 Å². The zero-order valence-electron chi connectivity index (χ0n) is 12.0. The number of carbonyl (C=O) groups is 1. The van der Waals surface area contributed by atoms with E-state index in [1.165, 1.54) is 29.6 Å². The van der Waals surface area contributed by atoms with Crippen LogP contribution >= 0.6 is 0 Å². The summed E-state index contributed by atoms with van der Waals surface area (Å²) in [5.41, 5.74) is 6.06. The fourth-order valence-corrected chi connectivity index (χ4v) is 4.04. The van der Waals surface area contributed by atoms with Crippen molar-refractivity contribution in [1.82, 2.24) is 9.62 Å². The van der Waals surface area contributed by atoms with Crippen LogP contribution in [0.4, 0.5) is 5.69 Å². The van der Waals surface area contributed by atoms with E-state index in [4.69, 9.17) is 10.5 Å². The zero-order valence-corrected chi connectivity index (χ0v) is 12.8. The minimum atomic E-state index is -3.77. The minimum absolute atomic E-state index is 0.0710. The van der Waals surface area contributed by atoms with Crippen molar-refractivity contribution >= 4 is 21.6 Å². The van der Waals surface area contributed by atoms with E-state index in [1.54, 1.807) is 6.92 Å². The highest BCUT2D eigenvalue weighted by Gasteiger charge is 2.37. The summed E-state index contributed by atoms with van der Waals surface area (Å²) in [6.07, 6.45) is 0.414. The average molecular weight is 313 g/mol. The number of ether oxygens (including phenoxy) is 1. The van der Waals surface area contributed by atoms with Gasteiger partial charge in [-0.1, -0.05) is 6.92 Å². The molecule has 1 unspecified atom stereocenters. The van der Waals surface area contributed by atoms with Gasteiger partial charge in [0.2, 0.25) is 15.9 Å². The summed E-state index contributed by atoms with van der Waals surface area (Å²) in [5, 5.41) is 2.68. The van der Waals surface area contributed by atoms with E-state index in [2.05, 4.69) is 5.32 Å². The smallest absolute Gasteiger partial charge is 0.243 e. The van der Waals surface area contributed by atoms with E-state index in [0.717, 1.165) is 0 Å². The van der Waals surface area contributed by atoms with Crippen LogP contribution in [0.3, 0.4) is 0 Å². The third-order valence-electron chi connectivity index (χ3n) is 3.48. The summed E-state index contributed by atoms with van der Waals surface area (Å²) in [7, 11) is -2.35. The van der Waals surface area contributed by atoms with Gasteiger partial charge in [-0.25, -0.2) is 8.42 Å². The molecule has 1 saturated heterocycles. The third-order valence-corrected chi connectivity index (χ3v) is 5.38. The van der Waals surface area contributed by atoms with Crippen LogP contribution in [0.25, 0.3) is 0 Å². The van der Waals surface area contributed by atoms with Crippen LogP contribution < -0.4 is 15.8 Å². The third kappa shape index (κ3) is 2.81. The minimum Gasteiger partial charge on any atom is -0.495 e. The number of nitrogens with zero attached hydrogens (tertiary/aromatic N) is 1. The van der Waals surface area contributed by atoms with E-state index in [-0.39, 0.29) is 17.3 Å². The summed E-state index contributed by atoms with van der Waals surface area (Å²) in [6, 6.07) is 3.60. The molecule has 2 rings (SSSR count). The second-order valence-corrected chi connectivity index (χ2v) is 6.63. The molecule has 1 aliphatic rings. The lowest BCUT2D eigenvalue weighted by atomic mass is 10.2. The van der Waals surface area contributed by atoms with Crippen molar-refractivity contribution in [3.63, 3.8) is 0 Å². The summed E-state index contributed by atoms with van der Waals surface area (Å²) >= 11 is 0. The Morgan fingerprint density at radius 2 is 2.19 bits per heavy atom. The van der Waals surface area contributed by atoms with Gasteiger partial charge in [-0.2, -0.15) is 4.31 Å². The molecule has 7 nitrogen and oxygen atoms in total. The first kappa shape index (κ1) is 15.6. The molecular formula is C13H19N3O4S. The van der Waals surface area contributed by atoms with Crippen molar-refractivity contribution in [2.45, 2.75) is 24.3 Å². The van der Waals surface area contributed by atoms with Crippen LogP contribution in [0, 0.1) is 0 Å². The van der Waals surface area contributed by atoms with Gasteiger partial charge in [-0.3, -0.25) is 4.79 Å². The molecule has 0 aliphatic carbocycles. The molecule has 0 aromatic heterocycles. The molecule has 1 amide bonds. The van der Waals surface area contributed by atoms with Crippen LogP contribution in [0.2, 0.25) is 0 Å². The SMILES string of the molecule is CCC1C(=O)NCCN1S(=O)(=O)c1ccc(N)c(OC)c1. The number of nitrogens with two attached hydrogens (primary N) is 1. The Bertz CT molecular complexity index is 645. The molecule has 0 spiro atoms. The Balaban J connectivity index is 2.43. The van der Waals surface area contributed by atoms with Gasteiger partial charge in [0.1, 0.15) is 11.8 Å². The number of nitrogen functional groups attached to an aromatic ring is 1. The normalized spacial score (nSPS) is 20.1. The maximum Gasteiger partial charge on any atom is 0.243 e. The predicted molar refractivity (Wildman–Crippen MR) is 78.4 cm³/mol. The number of hydrogen-bond acceptors (Lipinski definition) is 5. The van der Waals surface area contributed by atoms with Gasteiger partial charge >= 0.3 is 0 Å². The number of nitrogens with one attached hydrogen (secondary N) is 1. The van der Waals surface area contributed by atoms with Gasteiger partial charge in [0.05, 0.1) is 17.7 Å². The van der Waals surface area contributed by atoms with Crippen molar-refractivity contribution in [3.8, 4) is 5.75 Å². The molecule has 1 heterocycles. The van der Waals surface area contributed by atoms with Crippen LogP contribution in [0.15, 0.2) is 23.1 Å². The number of anilines is 1. The number of sulfonamides is 1. The summed E-state index contributed by atoms with van der Waals surface area (Å²) in [5.74, 6) is 0.0281. The average Bonchev–Trinajstić information content (AvgIpc) is 2.47. The standard InChI is InChI=1S/C13H19N3O4S/c1-3-11-13(17)15-6-7-16(11)21(18,19)9-4-5-10(14)12(8-9)20-2/h4-5,8,11H,3,6-7,14H2,1-2H3,(H,15,17). The van der Waals surface area contributed by atoms with E-state index >= 15 is 0 Å². The first-order valence-electron chi connectivity index (χ1n) is 6.65. The van der Waals surface area contributed by atoms with Crippen LogP contribution in [0.1, 0.15) is 13.3 Å². The molecule has 1 atom stereocenters. The molecule has 1 aromatic carbocycles. The maximum absolute atomic E-state index is 12.7. The lowest BCUT2D eigenvalue weighted by Crippen LogP contribution is -2.56. The number of methoxy groups -OCH3 is 1. The van der Waals surface area contributed by atoms with E-state index in [0.29, 0.717) is 24.4 Å². The van der Waals surface area contributed by atoms with E-state index < -0.39 is 16.1 Å². The van der Waals surface area contributed by atoms with E-state index in [1.807, 2.05) is 0 Å². The Morgan fingerprint density at radius 1 is 1.48 bits per heavy atom. The highest BCUT2D eigenvalue weighted by molar-refractivity contribution is 7.89.